The lowest BCUT2D eigenvalue weighted by molar-refractivity contribution is 0.379. The maximum Gasteiger partial charge on any atom is 0.127 e. The molecule has 4 N–H and O–H groups in total. The molecule has 1 aromatic rings. The van der Waals surface area contributed by atoms with Crippen LogP contribution in [0.4, 0.5) is 0 Å². The van der Waals surface area contributed by atoms with E-state index in [2.05, 4.69) is 0 Å². The minimum atomic E-state index is -0.124. The van der Waals surface area contributed by atoms with E-state index in [9.17, 15) is 0 Å². The molecule has 2 atom stereocenters. The van der Waals surface area contributed by atoms with E-state index in [1.54, 1.807) is 14.2 Å². The second-order valence-corrected chi connectivity index (χ2v) is 4.30. The molecule has 0 radical (unpaired) electrons. The molecule has 0 saturated heterocycles. The van der Waals surface area contributed by atoms with E-state index in [0.29, 0.717) is 6.54 Å². The first-order chi connectivity index (χ1) is 8.04. The van der Waals surface area contributed by atoms with Crippen LogP contribution in [0.15, 0.2) is 12.1 Å². The highest BCUT2D eigenvalue weighted by Crippen LogP contribution is 2.34. The smallest absolute Gasteiger partial charge is 0.127 e. The fraction of sp³-hybridized carbons (Fsp3) is 0.538. The molecule has 4 nitrogen and oxygen atoms in total. The molecular formula is C13H22N2O2. The van der Waals surface area contributed by atoms with Gasteiger partial charge in [0.2, 0.25) is 0 Å². The van der Waals surface area contributed by atoms with Crippen LogP contribution in [-0.4, -0.2) is 20.8 Å². The summed E-state index contributed by atoms with van der Waals surface area (Å²) in [5.74, 6) is 1.74. The van der Waals surface area contributed by atoms with Crippen LogP contribution in [-0.2, 0) is 0 Å². The van der Waals surface area contributed by atoms with Gasteiger partial charge in [-0.3, -0.25) is 0 Å². The van der Waals surface area contributed by atoms with Crippen molar-refractivity contribution >= 4 is 0 Å². The molecule has 0 aliphatic rings. The minimum absolute atomic E-state index is 0.124. The van der Waals surface area contributed by atoms with E-state index in [-0.39, 0.29) is 12.0 Å². The molecule has 0 aliphatic carbocycles. The van der Waals surface area contributed by atoms with Gasteiger partial charge in [-0.05, 0) is 31.0 Å². The molecule has 4 heteroatoms. The topological polar surface area (TPSA) is 70.5 Å². The maximum absolute atomic E-state index is 6.22. The van der Waals surface area contributed by atoms with Crippen LogP contribution in [0.2, 0.25) is 0 Å². The summed E-state index contributed by atoms with van der Waals surface area (Å²) in [7, 11) is 3.27. The average Bonchev–Trinajstić information content (AvgIpc) is 2.35. The number of ether oxygens (including phenoxy) is 2. The highest BCUT2D eigenvalue weighted by atomic mass is 16.5. The zero-order chi connectivity index (χ0) is 13.0. The molecule has 0 saturated carbocycles. The normalized spacial score (nSPS) is 14.2. The number of hydrogen-bond donors (Lipinski definition) is 2. The highest BCUT2D eigenvalue weighted by Gasteiger charge is 2.20. The highest BCUT2D eigenvalue weighted by molar-refractivity contribution is 5.48. The summed E-state index contributed by atoms with van der Waals surface area (Å²) >= 11 is 0. The van der Waals surface area contributed by atoms with Crippen molar-refractivity contribution in [2.45, 2.75) is 19.9 Å². The first-order valence-electron chi connectivity index (χ1n) is 5.73. The Labute approximate surface area is 103 Å². The van der Waals surface area contributed by atoms with Gasteiger partial charge in [-0.2, -0.15) is 0 Å². The van der Waals surface area contributed by atoms with Gasteiger partial charge in [-0.15, -0.1) is 0 Å². The summed E-state index contributed by atoms with van der Waals surface area (Å²) < 4.78 is 10.6. The molecule has 0 fully saturated rings. The summed E-state index contributed by atoms with van der Waals surface area (Å²) in [5, 5.41) is 0. The fourth-order valence-corrected chi connectivity index (χ4v) is 1.88. The second-order valence-electron chi connectivity index (χ2n) is 4.30. The van der Waals surface area contributed by atoms with Crippen LogP contribution in [0.1, 0.15) is 24.1 Å². The molecule has 0 aliphatic heterocycles. The summed E-state index contributed by atoms with van der Waals surface area (Å²) in [6.45, 7) is 4.59. The van der Waals surface area contributed by atoms with Gasteiger partial charge in [-0.25, -0.2) is 0 Å². The Morgan fingerprint density at radius 3 is 2.35 bits per heavy atom. The number of hydrogen-bond acceptors (Lipinski definition) is 4. The van der Waals surface area contributed by atoms with Crippen LogP contribution in [0, 0.1) is 12.8 Å². The summed E-state index contributed by atoms with van der Waals surface area (Å²) in [5.41, 5.74) is 13.9. The van der Waals surface area contributed by atoms with Gasteiger partial charge in [0.15, 0.2) is 0 Å². The summed E-state index contributed by atoms with van der Waals surface area (Å²) in [4.78, 5) is 0. The van der Waals surface area contributed by atoms with Crippen molar-refractivity contribution in [1.82, 2.24) is 0 Å². The summed E-state index contributed by atoms with van der Waals surface area (Å²) in [6, 6.07) is 3.69. The number of nitrogens with two attached hydrogens (primary N) is 2. The van der Waals surface area contributed by atoms with Crippen molar-refractivity contribution in [2.24, 2.45) is 17.4 Å². The SMILES string of the molecule is COc1cc(C)c(C(N)C(C)CN)c(OC)c1. The predicted molar refractivity (Wildman–Crippen MR) is 69.4 cm³/mol. The third-order valence-corrected chi connectivity index (χ3v) is 3.10. The van der Waals surface area contributed by atoms with Gasteiger partial charge in [0.1, 0.15) is 11.5 Å². The third kappa shape index (κ3) is 2.90. The molecule has 0 spiro atoms. The second kappa shape index (κ2) is 5.89. The lowest BCUT2D eigenvalue weighted by atomic mass is 9.91. The fourth-order valence-electron chi connectivity index (χ4n) is 1.88. The van der Waals surface area contributed by atoms with E-state index in [0.717, 1.165) is 22.6 Å². The molecule has 1 rings (SSSR count). The van der Waals surface area contributed by atoms with Crippen molar-refractivity contribution in [3.05, 3.63) is 23.3 Å². The van der Waals surface area contributed by atoms with Gasteiger partial charge in [-0.1, -0.05) is 6.92 Å². The van der Waals surface area contributed by atoms with E-state index >= 15 is 0 Å². The molecule has 2 unspecified atom stereocenters. The van der Waals surface area contributed by atoms with Crippen LogP contribution in [0.5, 0.6) is 11.5 Å². The maximum atomic E-state index is 6.22. The Balaban J connectivity index is 3.22. The Morgan fingerprint density at radius 2 is 1.88 bits per heavy atom. The third-order valence-electron chi connectivity index (χ3n) is 3.10. The number of aryl methyl sites for hydroxylation is 1. The molecule has 0 aromatic heterocycles. The van der Waals surface area contributed by atoms with Crippen molar-refractivity contribution < 1.29 is 9.47 Å². The zero-order valence-corrected chi connectivity index (χ0v) is 11.0. The van der Waals surface area contributed by atoms with Gasteiger partial charge >= 0.3 is 0 Å². The van der Waals surface area contributed by atoms with Crippen LogP contribution >= 0.6 is 0 Å². The average molecular weight is 238 g/mol. The van der Waals surface area contributed by atoms with Crippen molar-refractivity contribution in [1.29, 1.82) is 0 Å². The lowest BCUT2D eigenvalue weighted by Crippen LogP contribution is -2.26. The first-order valence-corrected chi connectivity index (χ1v) is 5.73. The predicted octanol–water partition coefficient (Wildman–Crippen LogP) is 1.61. The molecule has 17 heavy (non-hydrogen) atoms. The standard InChI is InChI=1S/C13H22N2O2/c1-8-5-10(16-3)6-11(17-4)12(8)13(15)9(2)7-14/h5-6,9,13H,7,14-15H2,1-4H3. The molecule has 0 heterocycles. The molecule has 96 valence electrons. The van der Waals surface area contributed by atoms with E-state index in [1.807, 2.05) is 26.0 Å². The molecule has 0 bridgehead atoms. The van der Waals surface area contributed by atoms with Crippen LogP contribution < -0.4 is 20.9 Å². The van der Waals surface area contributed by atoms with Crippen molar-refractivity contribution in [3.63, 3.8) is 0 Å². The van der Waals surface area contributed by atoms with Gasteiger partial charge < -0.3 is 20.9 Å². The zero-order valence-electron chi connectivity index (χ0n) is 11.0. The first kappa shape index (κ1) is 13.8. The quantitative estimate of drug-likeness (QED) is 0.817. The Kier molecular flexibility index (Phi) is 4.78. The largest absolute Gasteiger partial charge is 0.497 e. The van der Waals surface area contributed by atoms with E-state index in [4.69, 9.17) is 20.9 Å². The van der Waals surface area contributed by atoms with Gasteiger partial charge in [0, 0.05) is 17.7 Å². The van der Waals surface area contributed by atoms with Gasteiger partial charge in [0.05, 0.1) is 14.2 Å². The molecular weight excluding hydrogens is 216 g/mol. The van der Waals surface area contributed by atoms with Crippen molar-refractivity contribution in [3.8, 4) is 11.5 Å². The number of methoxy groups -OCH3 is 2. The van der Waals surface area contributed by atoms with Gasteiger partial charge in [0.25, 0.3) is 0 Å². The monoisotopic (exact) mass is 238 g/mol. The Hall–Kier alpha value is -1.26. The van der Waals surface area contributed by atoms with Crippen molar-refractivity contribution in [2.75, 3.05) is 20.8 Å². The van der Waals surface area contributed by atoms with E-state index in [1.165, 1.54) is 0 Å². The lowest BCUT2D eigenvalue weighted by Gasteiger charge is -2.23. The number of benzene rings is 1. The minimum Gasteiger partial charge on any atom is -0.497 e. The molecule has 1 aromatic carbocycles. The summed E-state index contributed by atoms with van der Waals surface area (Å²) in [6.07, 6.45) is 0. The van der Waals surface area contributed by atoms with Crippen LogP contribution in [0.25, 0.3) is 0 Å². The van der Waals surface area contributed by atoms with Crippen LogP contribution in [0.3, 0.4) is 0 Å². The Bertz CT molecular complexity index is 380. The number of rotatable bonds is 5. The Morgan fingerprint density at radius 1 is 1.24 bits per heavy atom. The van der Waals surface area contributed by atoms with E-state index < -0.39 is 0 Å². The molecule has 0 amide bonds.